The van der Waals surface area contributed by atoms with Gasteiger partial charge in [-0.05, 0) is 31.0 Å². The Bertz CT molecular complexity index is 408. The first-order valence-corrected chi connectivity index (χ1v) is 6.44. The van der Waals surface area contributed by atoms with Gasteiger partial charge in [-0.3, -0.25) is 0 Å². The predicted octanol–water partition coefficient (Wildman–Crippen LogP) is 4.19. The minimum atomic E-state index is -4.26. The van der Waals surface area contributed by atoms with Gasteiger partial charge in [-0.25, -0.2) is 0 Å². The molecule has 0 saturated heterocycles. The fourth-order valence-electron chi connectivity index (χ4n) is 1.67. The van der Waals surface area contributed by atoms with Crippen LogP contribution in [0.5, 0.6) is 0 Å². The monoisotopic (exact) mass is 271 g/mol. The highest BCUT2D eigenvalue weighted by Crippen LogP contribution is 2.29. The zero-order chi connectivity index (χ0) is 14.3. The Hall–Kier alpha value is -1.29. The van der Waals surface area contributed by atoms with Crippen LogP contribution in [-0.2, 0) is 12.6 Å². The maximum Gasteiger partial charge on any atom is 0.416 e. The van der Waals surface area contributed by atoms with Crippen LogP contribution in [0.25, 0.3) is 0 Å². The molecule has 1 aromatic rings. The number of halogens is 3. The zero-order valence-corrected chi connectivity index (χ0v) is 11.3. The SMILES string of the molecule is CC(C)NCCC=CCc1cccc(C(F)(F)F)c1. The van der Waals surface area contributed by atoms with Gasteiger partial charge in [-0.15, -0.1) is 0 Å². The highest BCUT2D eigenvalue weighted by molar-refractivity contribution is 5.27. The van der Waals surface area contributed by atoms with Crippen molar-refractivity contribution in [1.29, 1.82) is 0 Å². The molecule has 4 heteroatoms. The van der Waals surface area contributed by atoms with Crippen LogP contribution in [-0.4, -0.2) is 12.6 Å². The van der Waals surface area contributed by atoms with Gasteiger partial charge in [0.1, 0.15) is 0 Å². The summed E-state index contributed by atoms with van der Waals surface area (Å²) in [4.78, 5) is 0. The van der Waals surface area contributed by atoms with Gasteiger partial charge in [0.05, 0.1) is 5.56 Å². The van der Waals surface area contributed by atoms with Crippen LogP contribution in [0.4, 0.5) is 13.2 Å². The van der Waals surface area contributed by atoms with E-state index in [4.69, 9.17) is 0 Å². The van der Waals surface area contributed by atoms with E-state index in [2.05, 4.69) is 19.2 Å². The first kappa shape index (κ1) is 15.8. The van der Waals surface area contributed by atoms with Crippen LogP contribution in [0.2, 0.25) is 0 Å². The molecule has 0 fully saturated rings. The molecule has 1 N–H and O–H groups in total. The molecule has 1 nitrogen and oxygen atoms in total. The lowest BCUT2D eigenvalue weighted by atomic mass is 10.1. The first-order chi connectivity index (χ1) is 8.89. The Morgan fingerprint density at radius 3 is 2.58 bits per heavy atom. The summed E-state index contributed by atoms with van der Waals surface area (Å²) in [5.41, 5.74) is 0.0998. The second-order valence-electron chi connectivity index (χ2n) is 4.77. The molecular formula is C15H20F3N. The van der Waals surface area contributed by atoms with Crippen molar-refractivity contribution in [3.05, 3.63) is 47.5 Å². The third-order valence-corrected chi connectivity index (χ3v) is 2.64. The quantitative estimate of drug-likeness (QED) is 0.604. The molecule has 0 aliphatic carbocycles. The van der Waals surface area contributed by atoms with E-state index < -0.39 is 11.7 Å². The molecule has 0 aliphatic rings. The summed E-state index contributed by atoms with van der Waals surface area (Å²) >= 11 is 0. The average molecular weight is 271 g/mol. The number of hydrogen-bond donors (Lipinski definition) is 1. The van der Waals surface area contributed by atoms with Gasteiger partial charge in [0, 0.05) is 6.04 Å². The third-order valence-electron chi connectivity index (χ3n) is 2.64. The first-order valence-electron chi connectivity index (χ1n) is 6.44. The summed E-state index contributed by atoms with van der Waals surface area (Å²) in [6, 6.07) is 5.92. The van der Waals surface area contributed by atoms with Crippen molar-refractivity contribution in [3.8, 4) is 0 Å². The molecule has 0 heterocycles. The lowest BCUT2D eigenvalue weighted by molar-refractivity contribution is -0.137. The van der Waals surface area contributed by atoms with Crippen molar-refractivity contribution in [2.75, 3.05) is 6.54 Å². The lowest BCUT2D eigenvalue weighted by Crippen LogP contribution is -2.23. The fourth-order valence-corrected chi connectivity index (χ4v) is 1.67. The second-order valence-corrected chi connectivity index (χ2v) is 4.77. The standard InChI is InChI=1S/C15H20F3N/c1-12(2)19-10-5-3-4-7-13-8-6-9-14(11-13)15(16,17)18/h3-4,6,8-9,11-12,19H,5,7,10H2,1-2H3. The van der Waals surface area contributed by atoms with E-state index in [1.54, 1.807) is 6.07 Å². The third kappa shape index (κ3) is 6.43. The highest BCUT2D eigenvalue weighted by Gasteiger charge is 2.30. The molecule has 1 aromatic carbocycles. The van der Waals surface area contributed by atoms with Gasteiger partial charge in [0.25, 0.3) is 0 Å². The maximum atomic E-state index is 12.5. The van der Waals surface area contributed by atoms with E-state index >= 15 is 0 Å². The van der Waals surface area contributed by atoms with E-state index in [1.165, 1.54) is 12.1 Å². The van der Waals surface area contributed by atoms with Crippen LogP contribution in [0.15, 0.2) is 36.4 Å². The lowest BCUT2D eigenvalue weighted by Gasteiger charge is -2.07. The highest BCUT2D eigenvalue weighted by atomic mass is 19.4. The minimum Gasteiger partial charge on any atom is -0.314 e. The average Bonchev–Trinajstić information content (AvgIpc) is 2.32. The minimum absolute atomic E-state index is 0.455. The molecule has 0 bridgehead atoms. The van der Waals surface area contributed by atoms with Crippen molar-refractivity contribution in [1.82, 2.24) is 5.32 Å². The van der Waals surface area contributed by atoms with Crippen LogP contribution >= 0.6 is 0 Å². The summed E-state index contributed by atoms with van der Waals surface area (Å²) in [7, 11) is 0. The van der Waals surface area contributed by atoms with Gasteiger partial charge in [0.2, 0.25) is 0 Å². The molecule has 0 saturated carbocycles. The van der Waals surface area contributed by atoms with Gasteiger partial charge in [-0.1, -0.05) is 44.2 Å². The molecular weight excluding hydrogens is 251 g/mol. The van der Waals surface area contributed by atoms with E-state index in [-0.39, 0.29) is 0 Å². The summed E-state index contributed by atoms with van der Waals surface area (Å²) in [5, 5.41) is 3.27. The second kappa shape index (κ2) is 7.34. The molecule has 106 valence electrons. The van der Waals surface area contributed by atoms with E-state index in [0.29, 0.717) is 18.0 Å². The normalized spacial score (nSPS) is 12.5. The largest absolute Gasteiger partial charge is 0.416 e. The van der Waals surface area contributed by atoms with Crippen molar-refractivity contribution in [2.45, 2.75) is 38.9 Å². The molecule has 0 radical (unpaired) electrons. The Morgan fingerprint density at radius 1 is 1.21 bits per heavy atom. The Kier molecular flexibility index (Phi) is 6.09. The Morgan fingerprint density at radius 2 is 1.95 bits per heavy atom. The van der Waals surface area contributed by atoms with Crippen LogP contribution in [0.1, 0.15) is 31.4 Å². The molecule has 0 aliphatic heterocycles. The van der Waals surface area contributed by atoms with Crippen LogP contribution < -0.4 is 5.32 Å². The van der Waals surface area contributed by atoms with Crippen LogP contribution in [0.3, 0.4) is 0 Å². The smallest absolute Gasteiger partial charge is 0.314 e. The van der Waals surface area contributed by atoms with E-state index in [1.807, 2.05) is 12.2 Å². The number of hydrogen-bond acceptors (Lipinski definition) is 1. The van der Waals surface area contributed by atoms with Gasteiger partial charge < -0.3 is 5.32 Å². The number of benzene rings is 1. The summed E-state index contributed by atoms with van der Waals surface area (Å²) in [6.45, 7) is 5.04. The predicted molar refractivity (Wildman–Crippen MR) is 72.0 cm³/mol. The van der Waals surface area contributed by atoms with Gasteiger partial charge >= 0.3 is 6.18 Å². The molecule has 0 spiro atoms. The van der Waals surface area contributed by atoms with E-state index in [9.17, 15) is 13.2 Å². The van der Waals surface area contributed by atoms with Crippen molar-refractivity contribution >= 4 is 0 Å². The maximum absolute atomic E-state index is 12.5. The van der Waals surface area contributed by atoms with Crippen molar-refractivity contribution in [2.24, 2.45) is 0 Å². The number of allylic oxidation sites excluding steroid dienone is 1. The summed E-state index contributed by atoms with van der Waals surface area (Å²) < 4.78 is 37.5. The Balaban J connectivity index is 2.43. The molecule has 0 aromatic heterocycles. The zero-order valence-electron chi connectivity index (χ0n) is 11.3. The van der Waals surface area contributed by atoms with Crippen molar-refractivity contribution in [3.63, 3.8) is 0 Å². The molecule has 1 rings (SSSR count). The van der Waals surface area contributed by atoms with Gasteiger partial charge in [-0.2, -0.15) is 13.2 Å². The fraction of sp³-hybridized carbons (Fsp3) is 0.467. The van der Waals surface area contributed by atoms with Crippen molar-refractivity contribution < 1.29 is 13.2 Å². The molecule has 0 amide bonds. The molecule has 19 heavy (non-hydrogen) atoms. The summed E-state index contributed by atoms with van der Waals surface area (Å²) in [5.74, 6) is 0. The van der Waals surface area contributed by atoms with Crippen LogP contribution in [0, 0.1) is 0 Å². The Labute approximate surface area is 112 Å². The van der Waals surface area contributed by atoms with Gasteiger partial charge in [0.15, 0.2) is 0 Å². The number of nitrogens with one attached hydrogen (secondary N) is 1. The number of rotatable bonds is 6. The van der Waals surface area contributed by atoms with E-state index in [0.717, 1.165) is 19.0 Å². The molecule has 0 unspecified atom stereocenters. The molecule has 0 atom stereocenters. The topological polar surface area (TPSA) is 12.0 Å². The summed E-state index contributed by atoms with van der Waals surface area (Å²) in [6.07, 6.45) is 1.07. The number of alkyl halides is 3.